The van der Waals surface area contributed by atoms with Gasteiger partial charge >= 0.3 is 0 Å². The number of amides is 1. The van der Waals surface area contributed by atoms with Gasteiger partial charge in [-0.05, 0) is 0 Å². The van der Waals surface area contributed by atoms with Crippen molar-refractivity contribution in [2.45, 2.75) is 37.1 Å². The quantitative estimate of drug-likeness (QED) is 0.414. The maximum atomic E-state index is 10.9. The van der Waals surface area contributed by atoms with E-state index in [-0.39, 0.29) is 12.5 Å². The van der Waals surface area contributed by atoms with E-state index in [1.807, 2.05) is 0 Å². The molecule has 0 aliphatic carbocycles. The van der Waals surface area contributed by atoms with Crippen LogP contribution in [0.25, 0.3) is 0 Å². The van der Waals surface area contributed by atoms with Crippen LogP contribution in [0.3, 0.4) is 0 Å². The van der Waals surface area contributed by atoms with E-state index < -0.39 is 36.7 Å². The number of hydrogen-bond donors (Lipinski definition) is 4. The van der Waals surface area contributed by atoms with Gasteiger partial charge in [0.15, 0.2) is 6.29 Å². The van der Waals surface area contributed by atoms with Gasteiger partial charge in [-0.15, -0.1) is 0 Å². The zero-order valence-corrected chi connectivity index (χ0v) is 8.79. The van der Waals surface area contributed by atoms with E-state index in [2.05, 4.69) is 5.32 Å². The Hall–Kier alpha value is -0.730. The molecule has 2 bridgehead atoms. The highest BCUT2D eigenvalue weighted by Gasteiger charge is 2.59. The summed E-state index contributed by atoms with van der Waals surface area (Å²) in [6.07, 6.45) is -3.36. The molecule has 2 rings (SSSR count). The van der Waals surface area contributed by atoms with E-state index in [1.54, 1.807) is 0 Å². The highest BCUT2D eigenvalue weighted by Crippen LogP contribution is 2.36. The first-order chi connectivity index (χ1) is 7.50. The lowest BCUT2D eigenvalue weighted by atomic mass is 9.88. The summed E-state index contributed by atoms with van der Waals surface area (Å²) in [6.45, 7) is 0.832. The van der Waals surface area contributed by atoms with Crippen LogP contribution in [0, 0.1) is 0 Å². The Balaban J connectivity index is 2.19. The average molecular weight is 233 g/mol. The fourth-order valence-corrected chi connectivity index (χ4v) is 2.09. The van der Waals surface area contributed by atoms with E-state index in [0.717, 1.165) is 0 Å². The topological polar surface area (TPSA) is 108 Å². The Labute approximate surface area is 92.0 Å². The molecule has 1 unspecified atom stereocenters. The number of aliphatic hydroxyl groups excluding tert-OH is 3. The third-order valence-corrected chi connectivity index (χ3v) is 3.00. The van der Waals surface area contributed by atoms with E-state index in [4.69, 9.17) is 14.6 Å². The minimum Gasteiger partial charge on any atom is -0.393 e. The number of rotatable bonds is 2. The molecule has 4 N–H and O–H groups in total. The van der Waals surface area contributed by atoms with Crippen molar-refractivity contribution in [1.29, 1.82) is 0 Å². The van der Waals surface area contributed by atoms with Crippen LogP contribution in [-0.2, 0) is 14.3 Å². The van der Waals surface area contributed by atoms with Crippen molar-refractivity contribution in [2.75, 3.05) is 13.2 Å². The van der Waals surface area contributed by atoms with E-state index in [1.165, 1.54) is 6.92 Å². The molecule has 92 valence electrons. The van der Waals surface area contributed by atoms with Crippen molar-refractivity contribution in [2.24, 2.45) is 0 Å². The van der Waals surface area contributed by atoms with Crippen LogP contribution in [0.15, 0.2) is 0 Å². The lowest BCUT2D eigenvalue weighted by Crippen LogP contribution is -2.66. The van der Waals surface area contributed by atoms with Crippen molar-refractivity contribution in [1.82, 2.24) is 5.32 Å². The first-order valence-electron chi connectivity index (χ1n) is 5.04. The number of carbonyl (C=O) groups is 1. The van der Waals surface area contributed by atoms with Crippen LogP contribution in [0.1, 0.15) is 6.92 Å². The van der Waals surface area contributed by atoms with Crippen molar-refractivity contribution in [3.63, 3.8) is 0 Å². The lowest BCUT2D eigenvalue weighted by Gasteiger charge is -2.41. The van der Waals surface area contributed by atoms with E-state index in [0.29, 0.717) is 0 Å². The van der Waals surface area contributed by atoms with Crippen molar-refractivity contribution < 1.29 is 29.6 Å². The SMILES string of the molecule is CC(=O)NC1[C@H]2OC[C@](CO)(O2)[C@H](O)[C@@H]1O. The van der Waals surface area contributed by atoms with Crippen LogP contribution >= 0.6 is 0 Å². The molecule has 0 spiro atoms. The largest absolute Gasteiger partial charge is 0.393 e. The molecule has 0 saturated carbocycles. The average Bonchev–Trinajstić information content (AvgIpc) is 2.65. The molecule has 0 aromatic carbocycles. The molecule has 0 aromatic rings. The van der Waals surface area contributed by atoms with Crippen molar-refractivity contribution in [3.8, 4) is 0 Å². The van der Waals surface area contributed by atoms with Gasteiger partial charge < -0.3 is 30.1 Å². The summed E-state index contributed by atoms with van der Waals surface area (Å²) in [5.74, 6) is -0.355. The summed E-state index contributed by atoms with van der Waals surface area (Å²) in [4.78, 5) is 10.9. The predicted octanol–water partition coefficient (Wildman–Crippen LogP) is -2.67. The minimum absolute atomic E-state index is 0.0114. The number of hydrogen-bond acceptors (Lipinski definition) is 6. The van der Waals surface area contributed by atoms with Gasteiger partial charge in [-0.3, -0.25) is 4.79 Å². The van der Waals surface area contributed by atoms with Gasteiger partial charge in [-0.1, -0.05) is 0 Å². The van der Waals surface area contributed by atoms with Crippen LogP contribution in [-0.4, -0.2) is 64.6 Å². The highest BCUT2D eigenvalue weighted by molar-refractivity contribution is 5.73. The van der Waals surface area contributed by atoms with Crippen molar-refractivity contribution >= 4 is 5.91 Å². The van der Waals surface area contributed by atoms with Crippen molar-refractivity contribution in [3.05, 3.63) is 0 Å². The molecule has 7 heteroatoms. The predicted molar refractivity (Wildman–Crippen MR) is 50.3 cm³/mol. The molecule has 7 nitrogen and oxygen atoms in total. The number of fused-ring (bicyclic) bond motifs is 2. The summed E-state index contributed by atoms with van der Waals surface area (Å²) >= 11 is 0. The molecular formula is C9H15NO6. The molecular weight excluding hydrogens is 218 g/mol. The first-order valence-corrected chi connectivity index (χ1v) is 5.04. The molecule has 2 heterocycles. The second-order valence-electron chi connectivity index (χ2n) is 4.18. The fraction of sp³-hybridized carbons (Fsp3) is 0.889. The first kappa shape index (κ1) is 11.7. The monoisotopic (exact) mass is 233 g/mol. The number of aliphatic hydroxyl groups is 3. The van der Waals surface area contributed by atoms with Gasteiger partial charge in [0.25, 0.3) is 0 Å². The standard InChI is InChI=1S/C9H15NO6/c1-4(12)10-5-6(13)7(14)9(2-11)3-15-8(5)16-9/h5-8,11,13-14H,2-3H2,1H3,(H,10,12)/t5?,6-,7-,8+,9+/m1/s1. The van der Waals surface area contributed by atoms with Crippen LogP contribution in [0.4, 0.5) is 0 Å². The van der Waals surface area contributed by atoms with Crippen LogP contribution in [0.2, 0.25) is 0 Å². The molecule has 0 radical (unpaired) electrons. The summed E-state index contributed by atoms with van der Waals surface area (Å²) in [6, 6.07) is -0.824. The van der Waals surface area contributed by atoms with Crippen LogP contribution < -0.4 is 5.32 Å². The summed E-state index contributed by atoms with van der Waals surface area (Å²) in [5.41, 5.74) is -1.28. The number of ether oxygens (including phenoxy) is 2. The zero-order valence-electron chi connectivity index (χ0n) is 8.79. The lowest BCUT2D eigenvalue weighted by molar-refractivity contribution is -0.233. The Morgan fingerprint density at radius 1 is 1.56 bits per heavy atom. The van der Waals surface area contributed by atoms with Gasteiger partial charge in [0.2, 0.25) is 5.91 Å². The molecule has 5 atom stereocenters. The second kappa shape index (κ2) is 3.94. The number of nitrogens with one attached hydrogen (secondary N) is 1. The number of carbonyl (C=O) groups excluding carboxylic acids is 1. The van der Waals surface area contributed by atoms with Gasteiger partial charge in [-0.2, -0.15) is 0 Å². The second-order valence-corrected chi connectivity index (χ2v) is 4.18. The van der Waals surface area contributed by atoms with E-state index in [9.17, 15) is 15.0 Å². The summed E-state index contributed by atoms with van der Waals surface area (Å²) in [7, 11) is 0. The van der Waals surface area contributed by atoms with E-state index >= 15 is 0 Å². The molecule has 16 heavy (non-hydrogen) atoms. The van der Waals surface area contributed by atoms with Gasteiger partial charge in [-0.25, -0.2) is 0 Å². The normalized spacial score (nSPS) is 46.8. The maximum absolute atomic E-state index is 10.9. The van der Waals surface area contributed by atoms with Gasteiger partial charge in [0.1, 0.15) is 23.9 Å². The minimum atomic E-state index is -1.30. The molecule has 2 aliphatic rings. The molecule has 0 aromatic heterocycles. The third-order valence-electron chi connectivity index (χ3n) is 3.00. The molecule has 2 saturated heterocycles. The van der Waals surface area contributed by atoms with Gasteiger partial charge in [0, 0.05) is 6.92 Å². The third kappa shape index (κ3) is 1.61. The Kier molecular flexibility index (Phi) is 2.89. The molecule has 2 aliphatic heterocycles. The highest BCUT2D eigenvalue weighted by atomic mass is 16.7. The zero-order chi connectivity index (χ0) is 11.9. The molecule has 2 fully saturated rings. The summed E-state index contributed by atoms with van der Waals surface area (Å²) < 4.78 is 10.5. The Bertz CT molecular complexity index is 298. The van der Waals surface area contributed by atoms with Crippen LogP contribution in [0.5, 0.6) is 0 Å². The van der Waals surface area contributed by atoms with Gasteiger partial charge in [0.05, 0.1) is 13.2 Å². The smallest absolute Gasteiger partial charge is 0.217 e. The molecule has 1 amide bonds. The maximum Gasteiger partial charge on any atom is 0.217 e. The fourth-order valence-electron chi connectivity index (χ4n) is 2.09. The Morgan fingerprint density at radius 3 is 2.81 bits per heavy atom. The Morgan fingerprint density at radius 2 is 2.25 bits per heavy atom. The summed E-state index contributed by atoms with van der Waals surface area (Å²) in [5, 5.41) is 31.3.